The molecule has 2 N–H and O–H groups in total. The Labute approximate surface area is 135 Å². The summed E-state index contributed by atoms with van der Waals surface area (Å²) in [5.74, 6) is -1.09. The van der Waals surface area contributed by atoms with E-state index in [4.69, 9.17) is 0 Å². The van der Waals surface area contributed by atoms with Crippen LogP contribution in [0.1, 0.15) is 0 Å². The van der Waals surface area contributed by atoms with Crippen LogP contribution >= 0.6 is 0 Å². The molecule has 0 saturated heterocycles. The van der Waals surface area contributed by atoms with Crippen LogP contribution in [0.3, 0.4) is 0 Å². The molecule has 0 aliphatic carbocycles. The van der Waals surface area contributed by atoms with Gasteiger partial charge in [0.15, 0.2) is 0 Å². The molecule has 3 heterocycles. The molecule has 118 valence electrons. The number of fused-ring (bicyclic) bond motifs is 1. The maximum Gasteiger partial charge on any atom is 0.227 e. The quantitative estimate of drug-likeness (QED) is 0.597. The van der Waals surface area contributed by atoms with Crippen LogP contribution in [0.15, 0.2) is 55.1 Å². The second-order valence-electron chi connectivity index (χ2n) is 5.17. The first-order chi connectivity index (χ1) is 11.7. The van der Waals surface area contributed by atoms with Crippen LogP contribution in [0.25, 0.3) is 22.2 Å². The molecule has 0 saturated carbocycles. The highest BCUT2D eigenvalue weighted by atomic mass is 19.1. The normalized spacial score (nSPS) is 10.9. The van der Waals surface area contributed by atoms with Gasteiger partial charge in [-0.15, -0.1) is 0 Å². The van der Waals surface area contributed by atoms with Crippen LogP contribution in [0.2, 0.25) is 0 Å². The molecule has 3 aromatic heterocycles. The largest absolute Gasteiger partial charge is 0.360 e. The lowest BCUT2D eigenvalue weighted by molar-refractivity contribution is 0.584. The number of anilines is 2. The van der Waals surface area contributed by atoms with Crippen molar-refractivity contribution in [3.8, 4) is 11.3 Å². The van der Waals surface area contributed by atoms with Crippen LogP contribution in [0.5, 0.6) is 0 Å². The third-order valence-corrected chi connectivity index (χ3v) is 3.53. The number of halogens is 2. The summed E-state index contributed by atoms with van der Waals surface area (Å²) in [6, 6.07) is 6.78. The molecule has 0 spiro atoms. The standard InChI is InChI=1S/C17H11F2N5/c18-10-5-11(19)7-12(6-10)23-17-21-4-2-16(24-17)14-9-22-15-1-3-20-8-13(14)15/h1-9,22H,(H,21,23,24). The minimum Gasteiger partial charge on any atom is -0.360 e. The van der Waals surface area contributed by atoms with Gasteiger partial charge in [0, 0.05) is 53.0 Å². The topological polar surface area (TPSA) is 66.5 Å². The third kappa shape index (κ3) is 2.67. The molecule has 5 nitrogen and oxygen atoms in total. The predicted molar refractivity (Wildman–Crippen MR) is 86.8 cm³/mol. The fourth-order valence-corrected chi connectivity index (χ4v) is 2.50. The van der Waals surface area contributed by atoms with Gasteiger partial charge in [-0.3, -0.25) is 4.98 Å². The maximum atomic E-state index is 13.3. The van der Waals surface area contributed by atoms with E-state index in [1.807, 2.05) is 12.3 Å². The summed E-state index contributed by atoms with van der Waals surface area (Å²) in [6.07, 6.45) is 6.86. The molecule has 0 aliphatic heterocycles. The van der Waals surface area contributed by atoms with Gasteiger partial charge in [-0.1, -0.05) is 0 Å². The molecule has 1 aromatic carbocycles. The number of pyridine rings is 1. The Morgan fingerprint density at radius 1 is 1.00 bits per heavy atom. The average Bonchev–Trinajstić information content (AvgIpc) is 2.98. The molecule has 0 fully saturated rings. The van der Waals surface area contributed by atoms with Crippen LogP contribution in [0, 0.1) is 11.6 Å². The Morgan fingerprint density at radius 3 is 2.67 bits per heavy atom. The minimum atomic E-state index is -0.670. The molecule has 4 aromatic rings. The number of nitrogens with one attached hydrogen (secondary N) is 2. The summed E-state index contributed by atoms with van der Waals surface area (Å²) < 4.78 is 26.6. The van der Waals surface area contributed by atoms with Crippen molar-refractivity contribution in [1.82, 2.24) is 19.9 Å². The molecule has 7 heteroatoms. The molecule has 4 rings (SSSR count). The van der Waals surface area contributed by atoms with Crippen molar-refractivity contribution in [2.24, 2.45) is 0 Å². The van der Waals surface area contributed by atoms with E-state index in [1.165, 1.54) is 12.1 Å². The van der Waals surface area contributed by atoms with Crippen molar-refractivity contribution < 1.29 is 8.78 Å². The molecule has 0 amide bonds. The van der Waals surface area contributed by atoms with E-state index in [-0.39, 0.29) is 11.6 Å². The zero-order valence-corrected chi connectivity index (χ0v) is 12.3. The van der Waals surface area contributed by atoms with Gasteiger partial charge in [-0.25, -0.2) is 18.7 Å². The number of benzene rings is 1. The van der Waals surface area contributed by atoms with Crippen molar-refractivity contribution in [1.29, 1.82) is 0 Å². The van der Waals surface area contributed by atoms with Crippen LogP contribution in [-0.4, -0.2) is 19.9 Å². The predicted octanol–water partition coefficient (Wildman–Crippen LogP) is 4.04. The minimum absolute atomic E-state index is 0.241. The monoisotopic (exact) mass is 323 g/mol. The van der Waals surface area contributed by atoms with E-state index in [1.54, 1.807) is 24.7 Å². The number of rotatable bonds is 3. The number of hydrogen-bond acceptors (Lipinski definition) is 4. The van der Waals surface area contributed by atoms with Gasteiger partial charge in [0.25, 0.3) is 0 Å². The summed E-state index contributed by atoms with van der Waals surface area (Å²) in [7, 11) is 0. The summed E-state index contributed by atoms with van der Waals surface area (Å²) in [6.45, 7) is 0. The molecule has 0 radical (unpaired) electrons. The van der Waals surface area contributed by atoms with Crippen LogP contribution in [0.4, 0.5) is 20.4 Å². The third-order valence-electron chi connectivity index (χ3n) is 3.53. The van der Waals surface area contributed by atoms with E-state index >= 15 is 0 Å². The van der Waals surface area contributed by atoms with Gasteiger partial charge in [0.2, 0.25) is 5.95 Å². The van der Waals surface area contributed by atoms with Crippen molar-refractivity contribution in [3.63, 3.8) is 0 Å². The second-order valence-corrected chi connectivity index (χ2v) is 5.17. The molecular formula is C17H11F2N5. The first kappa shape index (κ1) is 14.3. The van der Waals surface area contributed by atoms with Gasteiger partial charge in [-0.05, 0) is 24.3 Å². The zero-order valence-electron chi connectivity index (χ0n) is 12.3. The Bertz CT molecular complexity index is 1010. The Morgan fingerprint density at radius 2 is 1.83 bits per heavy atom. The van der Waals surface area contributed by atoms with E-state index in [2.05, 4.69) is 25.3 Å². The molecule has 0 unspecified atom stereocenters. The summed E-state index contributed by atoms with van der Waals surface area (Å²) in [5.41, 5.74) is 2.73. The summed E-state index contributed by atoms with van der Waals surface area (Å²) >= 11 is 0. The molecule has 0 aliphatic rings. The molecule has 0 bridgehead atoms. The van der Waals surface area contributed by atoms with Crippen molar-refractivity contribution in [3.05, 3.63) is 66.8 Å². The first-order valence-electron chi connectivity index (χ1n) is 7.17. The van der Waals surface area contributed by atoms with Gasteiger partial charge in [0.05, 0.1) is 5.69 Å². The van der Waals surface area contributed by atoms with Gasteiger partial charge >= 0.3 is 0 Å². The number of H-pyrrole nitrogens is 1. The smallest absolute Gasteiger partial charge is 0.227 e. The highest BCUT2D eigenvalue weighted by molar-refractivity contribution is 5.93. The molecular weight excluding hydrogens is 312 g/mol. The highest BCUT2D eigenvalue weighted by Crippen LogP contribution is 2.27. The maximum absolute atomic E-state index is 13.3. The van der Waals surface area contributed by atoms with E-state index in [9.17, 15) is 8.78 Å². The second kappa shape index (κ2) is 5.69. The van der Waals surface area contributed by atoms with Crippen LogP contribution < -0.4 is 5.32 Å². The average molecular weight is 323 g/mol. The summed E-state index contributed by atoms with van der Waals surface area (Å²) in [4.78, 5) is 15.8. The number of aromatic amines is 1. The van der Waals surface area contributed by atoms with Crippen LogP contribution in [-0.2, 0) is 0 Å². The lowest BCUT2D eigenvalue weighted by atomic mass is 10.1. The highest BCUT2D eigenvalue weighted by Gasteiger charge is 2.09. The SMILES string of the molecule is Fc1cc(F)cc(Nc2nccc(-c3c[nH]c4ccncc34)n2)c1. The lowest BCUT2D eigenvalue weighted by Gasteiger charge is -2.06. The van der Waals surface area contributed by atoms with Gasteiger partial charge in [0.1, 0.15) is 11.6 Å². The molecule has 0 atom stereocenters. The van der Waals surface area contributed by atoms with Gasteiger partial charge in [-0.2, -0.15) is 0 Å². The van der Waals surface area contributed by atoms with Crippen molar-refractivity contribution >= 4 is 22.5 Å². The fourth-order valence-electron chi connectivity index (χ4n) is 2.50. The number of nitrogens with zero attached hydrogens (tertiary/aromatic N) is 3. The summed E-state index contributed by atoms with van der Waals surface area (Å²) in [5, 5.41) is 3.74. The van der Waals surface area contributed by atoms with E-state index in [0.717, 1.165) is 22.5 Å². The Balaban J connectivity index is 1.71. The van der Waals surface area contributed by atoms with Crippen molar-refractivity contribution in [2.45, 2.75) is 0 Å². The van der Waals surface area contributed by atoms with E-state index in [0.29, 0.717) is 5.69 Å². The first-order valence-corrected chi connectivity index (χ1v) is 7.17. The lowest BCUT2D eigenvalue weighted by Crippen LogP contribution is -1.98. The Hall–Kier alpha value is -3.35. The zero-order chi connectivity index (χ0) is 16.5. The van der Waals surface area contributed by atoms with Crippen molar-refractivity contribution in [2.75, 3.05) is 5.32 Å². The molecule has 24 heavy (non-hydrogen) atoms. The van der Waals surface area contributed by atoms with E-state index < -0.39 is 11.6 Å². The Kier molecular flexibility index (Phi) is 3.38. The van der Waals surface area contributed by atoms with Gasteiger partial charge < -0.3 is 10.3 Å². The number of hydrogen-bond donors (Lipinski definition) is 2. The number of aromatic nitrogens is 4. The fraction of sp³-hybridized carbons (Fsp3) is 0.